The Bertz CT molecular complexity index is 816. The number of pyridine rings is 1. The fourth-order valence-corrected chi connectivity index (χ4v) is 3.65. The predicted molar refractivity (Wildman–Crippen MR) is 90.6 cm³/mol. The van der Waals surface area contributed by atoms with Gasteiger partial charge in [0.2, 0.25) is 5.91 Å². The fraction of sp³-hybridized carbons (Fsp3) is 0.316. The second kappa shape index (κ2) is 5.95. The number of rotatable bonds is 2. The minimum atomic E-state index is -0.410. The maximum absolute atomic E-state index is 13.4. The van der Waals surface area contributed by atoms with Crippen molar-refractivity contribution in [3.05, 3.63) is 60.2 Å². The van der Waals surface area contributed by atoms with Crippen LogP contribution in [0.15, 0.2) is 48.7 Å². The SMILES string of the molecule is O=C(c1ccccn1)N1CCC2(CC1)CN(c1cccc(F)c1)C2=O. The highest BCUT2D eigenvalue weighted by atomic mass is 19.1. The molecule has 0 aliphatic carbocycles. The van der Waals surface area contributed by atoms with Gasteiger partial charge in [0.1, 0.15) is 11.5 Å². The van der Waals surface area contributed by atoms with Crippen LogP contribution < -0.4 is 4.90 Å². The van der Waals surface area contributed by atoms with Crippen LogP contribution in [-0.2, 0) is 4.79 Å². The minimum absolute atomic E-state index is 0.0306. The van der Waals surface area contributed by atoms with Crippen molar-refractivity contribution < 1.29 is 14.0 Å². The van der Waals surface area contributed by atoms with Gasteiger partial charge in [-0.1, -0.05) is 12.1 Å². The van der Waals surface area contributed by atoms with Gasteiger partial charge >= 0.3 is 0 Å². The number of carbonyl (C=O) groups is 2. The number of benzene rings is 1. The van der Waals surface area contributed by atoms with Crippen LogP contribution in [0.25, 0.3) is 0 Å². The highest BCUT2D eigenvalue weighted by Gasteiger charge is 2.53. The lowest BCUT2D eigenvalue weighted by Crippen LogP contribution is -2.65. The number of hydrogen-bond acceptors (Lipinski definition) is 3. The zero-order valence-electron chi connectivity index (χ0n) is 13.7. The monoisotopic (exact) mass is 339 g/mol. The highest BCUT2D eigenvalue weighted by Crippen LogP contribution is 2.44. The van der Waals surface area contributed by atoms with Crippen molar-refractivity contribution in [1.82, 2.24) is 9.88 Å². The molecule has 25 heavy (non-hydrogen) atoms. The van der Waals surface area contributed by atoms with Crippen molar-refractivity contribution in [2.75, 3.05) is 24.5 Å². The van der Waals surface area contributed by atoms with Crippen LogP contribution in [0, 0.1) is 11.2 Å². The Hall–Kier alpha value is -2.76. The second-order valence-electron chi connectivity index (χ2n) is 6.66. The third-order valence-corrected chi connectivity index (χ3v) is 5.17. The summed E-state index contributed by atoms with van der Waals surface area (Å²) in [6, 6.07) is 11.4. The summed E-state index contributed by atoms with van der Waals surface area (Å²) < 4.78 is 13.4. The Morgan fingerprint density at radius 1 is 1.12 bits per heavy atom. The van der Waals surface area contributed by atoms with Gasteiger partial charge in [-0.25, -0.2) is 4.39 Å². The topological polar surface area (TPSA) is 53.5 Å². The van der Waals surface area contributed by atoms with E-state index in [4.69, 9.17) is 0 Å². The van der Waals surface area contributed by atoms with Crippen LogP contribution in [-0.4, -0.2) is 41.3 Å². The molecule has 0 unspecified atom stereocenters. The molecule has 1 spiro atoms. The summed E-state index contributed by atoms with van der Waals surface area (Å²) in [5, 5.41) is 0. The van der Waals surface area contributed by atoms with Crippen molar-refractivity contribution in [3.8, 4) is 0 Å². The van der Waals surface area contributed by atoms with E-state index in [1.54, 1.807) is 46.3 Å². The molecule has 2 amide bonds. The maximum Gasteiger partial charge on any atom is 0.272 e. The number of nitrogens with zero attached hydrogens (tertiary/aromatic N) is 3. The Balaban J connectivity index is 1.41. The summed E-state index contributed by atoms with van der Waals surface area (Å²) in [6.45, 7) is 1.66. The van der Waals surface area contributed by atoms with Gasteiger partial charge in [-0.15, -0.1) is 0 Å². The molecule has 3 heterocycles. The number of halogens is 1. The number of anilines is 1. The largest absolute Gasteiger partial charge is 0.337 e. The lowest BCUT2D eigenvalue weighted by molar-refractivity contribution is -0.138. The van der Waals surface area contributed by atoms with Crippen LogP contribution in [0.1, 0.15) is 23.3 Å². The van der Waals surface area contributed by atoms with Gasteiger partial charge in [0.05, 0.1) is 5.41 Å². The summed E-state index contributed by atoms with van der Waals surface area (Å²) >= 11 is 0. The molecule has 2 saturated heterocycles. The van der Waals surface area contributed by atoms with E-state index in [2.05, 4.69) is 4.98 Å². The van der Waals surface area contributed by atoms with Gasteiger partial charge in [0.25, 0.3) is 5.91 Å². The average Bonchev–Trinajstić information content (AvgIpc) is 2.66. The third-order valence-electron chi connectivity index (χ3n) is 5.17. The summed E-state index contributed by atoms with van der Waals surface area (Å²) in [5.74, 6) is -0.408. The second-order valence-corrected chi connectivity index (χ2v) is 6.66. The molecule has 4 rings (SSSR count). The molecule has 2 aliphatic rings. The molecule has 0 saturated carbocycles. The maximum atomic E-state index is 13.4. The van der Waals surface area contributed by atoms with E-state index in [9.17, 15) is 14.0 Å². The molecular weight excluding hydrogens is 321 g/mol. The molecule has 6 heteroatoms. The molecule has 1 aromatic carbocycles. The molecule has 0 bridgehead atoms. The Kier molecular flexibility index (Phi) is 3.75. The first kappa shape index (κ1) is 15.7. The Morgan fingerprint density at radius 3 is 2.56 bits per heavy atom. The fourth-order valence-electron chi connectivity index (χ4n) is 3.65. The van der Waals surface area contributed by atoms with Gasteiger partial charge in [-0.2, -0.15) is 0 Å². The zero-order chi connectivity index (χ0) is 17.4. The van der Waals surface area contributed by atoms with Gasteiger partial charge < -0.3 is 9.80 Å². The van der Waals surface area contributed by atoms with E-state index in [0.717, 1.165) is 0 Å². The summed E-state index contributed by atoms with van der Waals surface area (Å²) in [4.78, 5) is 32.6. The van der Waals surface area contributed by atoms with E-state index >= 15 is 0 Å². The summed E-state index contributed by atoms with van der Waals surface area (Å²) in [7, 11) is 0. The lowest BCUT2D eigenvalue weighted by Gasteiger charge is -2.52. The normalized spacial score (nSPS) is 19.0. The molecular formula is C19H18FN3O2. The van der Waals surface area contributed by atoms with Gasteiger partial charge in [0, 0.05) is 31.5 Å². The first-order valence-corrected chi connectivity index (χ1v) is 8.37. The Labute approximate surface area is 145 Å². The molecule has 128 valence electrons. The molecule has 0 atom stereocenters. The quantitative estimate of drug-likeness (QED) is 0.790. The number of amides is 2. The molecule has 2 aromatic rings. The van der Waals surface area contributed by atoms with E-state index in [1.807, 2.05) is 0 Å². The number of aromatic nitrogens is 1. The summed E-state index contributed by atoms with van der Waals surface area (Å²) in [5.41, 5.74) is 0.620. The molecule has 2 aliphatic heterocycles. The van der Waals surface area contributed by atoms with Crippen LogP contribution in [0.3, 0.4) is 0 Å². The standard InChI is InChI=1S/C19H18FN3O2/c20-14-4-3-5-15(12-14)23-13-19(18(23)25)7-10-22(11-8-19)17(24)16-6-1-2-9-21-16/h1-6,9,12H,7-8,10-11,13H2. The number of piperidine rings is 1. The molecule has 5 nitrogen and oxygen atoms in total. The smallest absolute Gasteiger partial charge is 0.272 e. The van der Waals surface area contributed by atoms with Crippen LogP contribution >= 0.6 is 0 Å². The van der Waals surface area contributed by atoms with Crippen LogP contribution in [0.5, 0.6) is 0 Å². The van der Waals surface area contributed by atoms with Crippen molar-refractivity contribution >= 4 is 17.5 Å². The number of β-lactam (4-membered cyclic amide) rings is 1. The van der Waals surface area contributed by atoms with Crippen LogP contribution in [0.4, 0.5) is 10.1 Å². The third kappa shape index (κ3) is 2.67. The van der Waals surface area contributed by atoms with Crippen molar-refractivity contribution in [1.29, 1.82) is 0 Å². The van der Waals surface area contributed by atoms with E-state index in [-0.39, 0.29) is 17.6 Å². The molecule has 1 aromatic heterocycles. The number of carbonyl (C=O) groups excluding carboxylic acids is 2. The minimum Gasteiger partial charge on any atom is -0.337 e. The van der Waals surface area contributed by atoms with E-state index in [0.29, 0.717) is 43.9 Å². The number of likely N-dealkylation sites (tertiary alicyclic amines) is 1. The number of hydrogen-bond donors (Lipinski definition) is 0. The molecule has 0 radical (unpaired) electrons. The first-order chi connectivity index (χ1) is 12.1. The van der Waals surface area contributed by atoms with Crippen molar-refractivity contribution in [2.45, 2.75) is 12.8 Å². The van der Waals surface area contributed by atoms with Crippen molar-refractivity contribution in [3.63, 3.8) is 0 Å². The lowest BCUT2D eigenvalue weighted by atomic mass is 9.70. The van der Waals surface area contributed by atoms with E-state index in [1.165, 1.54) is 12.1 Å². The first-order valence-electron chi connectivity index (χ1n) is 8.37. The van der Waals surface area contributed by atoms with Crippen LogP contribution in [0.2, 0.25) is 0 Å². The van der Waals surface area contributed by atoms with Gasteiger partial charge in [0.15, 0.2) is 0 Å². The molecule has 2 fully saturated rings. The highest BCUT2D eigenvalue weighted by molar-refractivity contribution is 6.04. The van der Waals surface area contributed by atoms with E-state index < -0.39 is 5.41 Å². The van der Waals surface area contributed by atoms with Gasteiger partial charge in [-0.05, 0) is 43.2 Å². The predicted octanol–water partition coefficient (Wildman–Crippen LogP) is 2.49. The zero-order valence-corrected chi connectivity index (χ0v) is 13.7. The summed E-state index contributed by atoms with van der Waals surface area (Å²) in [6.07, 6.45) is 2.87. The molecule has 0 N–H and O–H groups in total. The Morgan fingerprint density at radius 2 is 1.92 bits per heavy atom. The van der Waals surface area contributed by atoms with Gasteiger partial charge in [-0.3, -0.25) is 14.6 Å². The van der Waals surface area contributed by atoms with Crippen molar-refractivity contribution in [2.24, 2.45) is 5.41 Å². The average molecular weight is 339 g/mol.